The molecule has 3 unspecified atom stereocenters. The van der Waals surface area contributed by atoms with Gasteiger partial charge >= 0.3 is 6.03 Å². The third-order valence-corrected chi connectivity index (χ3v) is 4.20. The molecule has 1 aliphatic carbocycles. The summed E-state index contributed by atoms with van der Waals surface area (Å²) in [5.41, 5.74) is 5.63. The predicted molar refractivity (Wildman–Crippen MR) is 67.5 cm³/mol. The summed E-state index contributed by atoms with van der Waals surface area (Å²) in [6, 6.07) is -0.521. The molecule has 2 aliphatic rings. The van der Waals surface area contributed by atoms with Crippen LogP contribution in [0.3, 0.4) is 0 Å². The van der Waals surface area contributed by atoms with Crippen LogP contribution in [-0.2, 0) is 0 Å². The zero-order valence-electron chi connectivity index (χ0n) is 10.4. The topological polar surface area (TPSA) is 58.7 Å². The maximum atomic E-state index is 12.0. The molecule has 1 aliphatic heterocycles. The zero-order chi connectivity index (χ0) is 12.6. The van der Waals surface area contributed by atoms with E-state index in [0.717, 1.165) is 25.7 Å². The first-order chi connectivity index (χ1) is 8.07. The van der Waals surface area contributed by atoms with E-state index in [0.29, 0.717) is 11.8 Å². The van der Waals surface area contributed by atoms with Crippen LogP contribution in [0.15, 0.2) is 4.99 Å². The molecule has 0 radical (unpaired) electrons. The molecule has 4 heteroatoms. The lowest BCUT2D eigenvalue weighted by Gasteiger charge is -2.41. The van der Waals surface area contributed by atoms with E-state index in [1.807, 2.05) is 6.92 Å². The minimum Gasteiger partial charge on any atom is -0.385 e. The Kier molecular flexibility index (Phi) is 2.86. The van der Waals surface area contributed by atoms with E-state index in [2.05, 4.69) is 17.8 Å². The van der Waals surface area contributed by atoms with Crippen molar-refractivity contribution in [3.63, 3.8) is 0 Å². The van der Waals surface area contributed by atoms with Crippen molar-refractivity contribution in [1.82, 2.24) is 4.90 Å². The Hall–Kier alpha value is -1.50. The average Bonchev–Trinajstić information content (AvgIpc) is 2.82. The normalized spacial score (nSPS) is 33.9. The second-order valence-corrected chi connectivity index (χ2v) is 4.91. The van der Waals surface area contributed by atoms with Gasteiger partial charge < -0.3 is 5.73 Å². The van der Waals surface area contributed by atoms with Crippen molar-refractivity contribution in [2.75, 3.05) is 0 Å². The van der Waals surface area contributed by atoms with Gasteiger partial charge in [0, 0.05) is 0 Å². The number of aliphatic imine (C=N–C) groups is 1. The Balaban J connectivity index is 2.45. The van der Waals surface area contributed by atoms with Crippen molar-refractivity contribution in [1.29, 1.82) is 0 Å². The predicted octanol–water partition coefficient (Wildman–Crippen LogP) is 1.75. The van der Waals surface area contributed by atoms with Crippen LogP contribution >= 0.6 is 0 Å². The lowest BCUT2D eigenvalue weighted by atomic mass is 9.82. The van der Waals surface area contributed by atoms with Gasteiger partial charge in [-0.1, -0.05) is 25.7 Å². The van der Waals surface area contributed by atoms with Gasteiger partial charge in [0.05, 0.1) is 6.04 Å². The quantitative estimate of drug-likeness (QED) is 0.739. The molecule has 0 aromatic rings. The highest BCUT2D eigenvalue weighted by Gasteiger charge is 2.56. The monoisotopic (exact) mass is 233 g/mol. The second-order valence-electron chi connectivity index (χ2n) is 4.91. The maximum Gasteiger partial charge on any atom is 0.347 e. The van der Waals surface area contributed by atoms with Gasteiger partial charge in [0.15, 0.2) is 0 Å². The molecule has 2 amide bonds. The molecule has 1 saturated carbocycles. The molecule has 1 heterocycles. The molecule has 92 valence electrons. The minimum atomic E-state index is -0.405. The number of hydrogen-bond acceptors (Lipinski definition) is 2. The Morgan fingerprint density at radius 3 is 3.06 bits per heavy atom. The third kappa shape index (κ3) is 1.45. The summed E-state index contributed by atoms with van der Waals surface area (Å²) in [5.74, 6) is 3.48. The molecule has 2 N–H and O–H groups in total. The fourth-order valence-corrected chi connectivity index (χ4v) is 3.39. The largest absolute Gasteiger partial charge is 0.385 e. The molecular formula is C13H19N3O. The van der Waals surface area contributed by atoms with E-state index in [4.69, 9.17) is 12.2 Å². The highest BCUT2D eigenvalue weighted by Crippen LogP contribution is 2.46. The Bertz CT molecular complexity index is 409. The number of nitrogens with zero attached hydrogens (tertiary/aromatic N) is 2. The molecule has 1 spiro atoms. The third-order valence-electron chi connectivity index (χ3n) is 4.20. The van der Waals surface area contributed by atoms with Crippen molar-refractivity contribution >= 4 is 11.9 Å². The van der Waals surface area contributed by atoms with Gasteiger partial charge in [-0.05, 0) is 25.7 Å². The highest BCUT2D eigenvalue weighted by molar-refractivity contribution is 6.06. The van der Waals surface area contributed by atoms with Crippen LogP contribution < -0.4 is 5.73 Å². The van der Waals surface area contributed by atoms with Gasteiger partial charge in [-0.2, -0.15) is 4.99 Å². The van der Waals surface area contributed by atoms with Crippen LogP contribution in [0.1, 0.15) is 39.5 Å². The van der Waals surface area contributed by atoms with E-state index < -0.39 is 5.54 Å². The lowest BCUT2D eigenvalue weighted by molar-refractivity contribution is 0.131. The van der Waals surface area contributed by atoms with Crippen molar-refractivity contribution in [2.24, 2.45) is 16.6 Å². The number of amides is 2. The van der Waals surface area contributed by atoms with E-state index in [9.17, 15) is 4.79 Å². The van der Waals surface area contributed by atoms with E-state index >= 15 is 0 Å². The summed E-state index contributed by atoms with van der Waals surface area (Å²) in [6.07, 6.45) is 9.52. The van der Waals surface area contributed by atoms with Crippen molar-refractivity contribution in [2.45, 2.75) is 51.1 Å². The number of nitrogens with two attached hydrogens (primary N) is 1. The number of amidine groups is 1. The van der Waals surface area contributed by atoms with Gasteiger partial charge in [0.1, 0.15) is 11.4 Å². The minimum absolute atomic E-state index is 0.251. The summed E-state index contributed by atoms with van der Waals surface area (Å²) >= 11 is 0. The number of carbonyl (C=O) groups is 1. The van der Waals surface area contributed by atoms with Crippen molar-refractivity contribution < 1.29 is 4.79 Å². The second kappa shape index (κ2) is 4.06. The number of hydrogen-bond donors (Lipinski definition) is 1. The van der Waals surface area contributed by atoms with Gasteiger partial charge in [-0.15, -0.1) is 6.42 Å². The first-order valence-electron chi connectivity index (χ1n) is 6.22. The fraction of sp³-hybridized carbons (Fsp3) is 0.692. The zero-order valence-corrected chi connectivity index (χ0v) is 10.4. The van der Waals surface area contributed by atoms with Crippen LogP contribution in [-0.4, -0.2) is 28.3 Å². The SMILES string of the molecule is C#CC(C)N1C(=O)N=C(N)C12CCCC2CC. The fourth-order valence-electron chi connectivity index (χ4n) is 3.39. The van der Waals surface area contributed by atoms with Crippen molar-refractivity contribution in [3.05, 3.63) is 0 Å². The summed E-state index contributed by atoms with van der Waals surface area (Å²) in [7, 11) is 0. The molecular weight excluding hydrogens is 214 g/mol. The number of carbonyl (C=O) groups excluding carboxylic acids is 1. The number of rotatable bonds is 2. The Labute approximate surface area is 102 Å². The molecule has 0 saturated heterocycles. The lowest BCUT2D eigenvalue weighted by Crippen LogP contribution is -2.59. The average molecular weight is 233 g/mol. The van der Waals surface area contributed by atoms with Crippen LogP contribution in [0.5, 0.6) is 0 Å². The molecule has 0 bridgehead atoms. The molecule has 0 aromatic carbocycles. The summed E-state index contributed by atoms with van der Waals surface area (Å²) in [5, 5.41) is 0. The Morgan fingerprint density at radius 2 is 2.47 bits per heavy atom. The summed E-state index contributed by atoms with van der Waals surface area (Å²) in [4.78, 5) is 17.7. The van der Waals surface area contributed by atoms with Gasteiger partial charge in [0.25, 0.3) is 0 Å². The standard InChI is InChI=1S/C13H19N3O/c1-4-9(3)16-12(17)15-11(14)13(16)8-6-7-10(13)5-2/h1,9-10H,5-8H2,2-3H3,(H2,14,15,17). The molecule has 17 heavy (non-hydrogen) atoms. The molecule has 2 rings (SSSR count). The maximum absolute atomic E-state index is 12.0. The number of terminal acetylenes is 1. The van der Waals surface area contributed by atoms with Crippen LogP contribution in [0, 0.1) is 18.3 Å². The molecule has 3 atom stereocenters. The highest BCUT2D eigenvalue weighted by atomic mass is 16.2. The van der Waals surface area contributed by atoms with Crippen LogP contribution in [0.25, 0.3) is 0 Å². The molecule has 1 fully saturated rings. The number of urea groups is 1. The smallest absolute Gasteiger partial charge is 0.347 e. The van der Waals surface area contributed by atoms with Crippen LogP contribution in [0.4, 0.5) is 4.79 Å². The first-order valence-corrected chi connectivity index (χ1v) is 6.22. The summed E-state index contributed by atoms with van der Waals surface area (Å²) < 4.78 is 0. The molecule has 0 aromatic heterocycles. The van der Waals surface area contributed by atoms with Crippen molar-refractivity contribution in [3.8, 4) is 12.3 Å². The van der Waals surface area contributed by atoms with Gasteiger partial charge in [0.2, 0.25) is 0 Å². The molecule has 4 nitrogen and oxygen atoms in total. The van der Waals surface area contributed by atoms with E-state index in [1.165, 1.54) is 0 Å². The first kappa shape index (κ1) is 12.0. The van der Waals surface area contributed by atoms with Gasteiger partial charge in [-0.3, -0.25) is 4.90 Å². The van der Waals surface area contributed by atoms with Crippen LogP contribution in [0.2, 0.25) is 0 Å². The van der Waals surface area contributed by atoms with E-state index in [1.54, 1.807) is 4.90 Å². The summed E-state index contributed by atoms with van der Waals surface area (Å²) in [6.45, 7) is 3.99. The van der Waals surface area contributed by atoms with E-state index in [-0.39, 0.29) is 12.1 Å². The Morgan fingerprint density at radius 1 is 1.76 bits per heavy atom. The van der Waals surface area contributed by atoms with Gasteiger partial charge in [-0.25, -0.2) is 4.79 Å².